The van der Waals surface area contributed by atoms with Gasteiger partial charge in [0, 0.05) is 18.9 Å². The molecule has 0 radical (unpaired) electrons. The summed E-state index contributed by atoms with van der Waals surface area (Å²) in [5.74, 6) is -2.30. The number of nitrogens with zero attached hydrogens (tertiary/aromatic N) is 4. The zero-order chi connectivity index (χ0) is 18.0. The molecule has 3 rings (SSSR count). The normalized spacial score (nSPS) is 18.0. The van der Waals surface area contributed by atoms with Gasteiger partial charge in [0.1, 0.15) is 23.8 Å². The lowest BCUT2D eigenvalue weighted by atomic mass is 10.3. The van der Waals surface area contributed by atoms with Crippen molar-refractivity contribution >= 4 is 10.0 Å². The van der Waals surface area contributed by atoms with Crippen molar-refractivity contribution in [3.8, 4) is 11.9 Å². The quantitative estimate of drug-likeness (QED) is 0.813. The highest BCUT2D eigenvalue weighted by Crippen LogP contribution is 2.27. The van der Waals surface area contributed by atoms with E-state index in [1.165, 1.54) is 12.4 Å². The Labute approximate surface area is 142 Å². The fraction of sp³-hybridized carbons (Fsp3) is 0.267. The summed E-state index contributed by atoms with van der Waals surface area (Å²) in [5.41, 5.74) is -0.0241. The van der Waals surface area contributed by atoms with Gasteiger partial charge in [-0.3, -0.25) is 0 Å². The van der Waals surface area contributed by atoms with Gasteiger partial charge in [0.2, 0.25) is 15.7 Å². The third-order valence-electron chi connectivity index (χ3n) is 3.67. The van der Waals surface area contributed by atoms with Gasteiger partial charge in [0.05, 0.1) is 6.54 Å². The smallest absolute Gasteiger partial charge is 0.251 e. The van der Waals surface area contributed by atoms with E-state index in [2.05, 4.69) is 9.97 Å². The maximum Gasteiger partial charge on any atom is 0.251 e. The summed E-state index contributed by atoms with van der Waals surface area (Å²) in [5, 5.41) is 8.96. The van der Waals surface area contributed by atoms with Crippen LogP contribution >= 0.6 is 0 Å². The van der Waals surface area contributed by atoms with E-state index >= 15 is 0 Å². The molecular formula is C15H12F2N4O3S. The van der Waals surface area contributed by atoms with Crippen molar-refractivity contribution in [3.05, 3.63) is 47.9 Å². The first-order valence-electron chi connectivity index (χ1n) is 7.25. The molecule has 0 spiro atoms. The second-order valence-electron chi connectivity index (χ2n) is 5.26. The van der Waals surface area contributed by atoms with Crippen LogP contribution in [0.1, 0.15) is 12.1 Å². The molecule has 1 saturated heterocycles. The van der Waals surface area contributed by atoms with Crippen LogP contribution in [0.2, 0.25) is 0 Å². The minimum atomic E-state index is -4.34. The fourth-order valence-corrected chi connectivity index (χ4v) is 4.11. The molecule has 1 aromatic carbocycles. The van der Waals surface area contributed by atoms with Crippen molar-refractivity contribution in [2.45, 2.75) is 17.4 Å². The standard InChI is InChI=1S/C15H12F2N4O3S/c16-11-2-1-3-12(17)14(11)25(22,23)21-7-4-10(9-21)24-15-13(8-18)19-5-6-20-15/h1-3,5-6,10H,4,7,9H2. The van der Waals surface area contributed by atoms with Gasteiger partial charge in [-0.2, -0.15) is 9.57 Å². The zero-order valence-corrected chi connectivity index (χ0v) is 13.6. The van der Waals surface area contributed by atoms with Gasteiger partial charge in [-0.25, -0.2) is 27.2 Å². The van der Waals surface area contributed by atoms with E-state index in [9.17, 15) is 17.2 Å². The van der Waals surface area contributed by atoms with Crippen molar-refractivity contribution < 1.29 is 21.9 Å². The van der Waals surface area contributed by atoms with Gasteiger partial charge in [-0.05, 0) is 18.6 Å². The molecule has 0 aliphatic carbocycles. The van der Waals surface area contributed by atoms with Gasteiger partial charge >= 0.3 is 0 Å². The Morgan fingerprint density at radius 2 is 1.92 bits per heavy atom. The average molecular weight is 366 g/mol. The summed E-state index contributed by atoms with van der Waals surface area (Å²) in [6, 6.07) is 4.69. The summed E-state index contributed by atoms with van der Waals surface area (Å²) >= 11 is 0. The molecule has 130 valence electrons. The van der Waals surface area contributed by atoms with Crippen LogP contribution in [0.25, 0.3) is 0 Å². The molecule has 7 nitrogen and oxygen atoms in total. The Morgan fingerprint density at radius 3 is 2.60 bits per heavy atom. The van der Waals surface area contributed by atoms with Crippen LogP contribution in [0.15, 0.2) is 35.5 Å². The van der Waals surface area contributed by atoms with Crippen LogP contribution in [-0.2, 0) is 10.0 Å². The Hall–Kier alpha value is -2.64. The van der Waals surface area contributed by atoms with Crippen LogP contribution in [-0.4, -0.2) is 41.9 Å². The van der Waals surface area contributed by atoms with Crippen molar-refractivity contribution in [1.29, 1.82) is 5.26 Å². The number of halogens is 2. The zero-order valence-electron chi connectivity index (χ0n) is 12.8. The molecule has 1 unspecified atom stereocenters. The summed E-state index contributed by atoms with van der Waals surface area (Å²) in [6.45, 7) is -0.0829. The molecule has 0 saturated carbocycles. The molecule has 2 heterocycles. The van der Waals surface area contributed by atoms with Gasteiger partial charge in [0.25, 0.3) is 5.88 Å². The molecule has 1 aliphatic heterocycles. The second kappa shape index (κ2) is 6.70. The summed E-state index contributed by atoms with van der Waals surface area (Å²) < 4.78 is 59.1. The Morgan fingerprint density at radius 1 is 1.24 bits per heavy atom. The molecule has 1 atom stereocenters. The van der Waals surface area contributed by atoms with E-state index in [1.54, 1.807) is 0 Å². The third kappa shape index (κ3) is 3.29. The van der Waals surface area contributed by atoms with E-state index < -0.39 is 32.7 Å². The average Bonchev–Trinajstić information content (AvgIpc) is 3.04. The maximum atomic E-state index is 13.8. The third-order valence-corrected chi connectivity index (χ3v) is 5.59. The SMILES string of the molecule is N#Cc1nccnc1OC1CCN(S(=O)(=O)c2c(F)cccc2F)C1. The molecule has 0 N–H and O–H groups in total. The summed E-state index contributed by atoms with van der Waals surface area (Å²) in [6.07, 6.45) is 2.36. The van der Waals surface area contributed by atoms with Gasteiger partial charge in [-0.1, -0.05) is 6.07 Å². The van der Waals surface area contributed by atoms with E-state index in [4.69, 9.17) is 10.00 Å². The molecule has 0 bridgehead atoms. The molecule has 0 amide bonds. The Bertz CT molecular complexity index is 926. The number of hydrogen-bond donors (Lipinski definition) is 0. The Kier molecular flexibility index (Phi) is 4.61. The van der Waals surface area contributed by atoms with Crippen LogP contribution in [0.3, 0.4) is 0 Å². The molecule has 1 aliphatic rings. The minimum Gasteiger partial charge on any atom is -0.471 e. The first-order chi connectivity index (χ1) is 11.9. The first-order valence-corrected chi connectivity index (χ1v) is 8.69. The summed E-state index contributed by atoms with van der Waals surface area (Å²) in [4.78, 5) is 6.71. The lowest BCUT2D eigenvalue weighted by molar-refractivity contribution is 0.205. The van der Waals surface area contributed by atoms with Crippen molar-refractivity contribution in [3.63, 3.8) is 0 Å². The molecular weight excluding hydrogens is 354 g/mol. The molecule has 1 aromatic heterocycles. The fourth-order valence-electron chi connectivity index (χ4n) is 2.52. The lowest BCUT2D eigenvalue weighted by Gasteiger charge is -2.17. The molecule has 1 fully saturated rings. The summed E-state index contributed by atoms with van der Waals surface area (Å²) in [7, 11) is -4.34. The predicted octanol–water partition coefficient (Wildman–Crippen LogP) is 1.47. The van der Waals surface area contributed by atoms with Crippen LogP contribution in [0.4, 0.5) is 8.78 Å². The highest BCUT2D eigenvalue weighted by Gasteiger charge is 2.37. The highest BCUT2D eigenvalue weighted by atomic mass is 32.2. The van der Waals surface area contributed by atoms with E-state index in [1.807, 2.05) is 6.07 Å². The Balaban J connectivity index is 1.80. The van der Waals surface area contributed by atoms with Gasteiger partial charge in [0.15, 0.2) is 4.90 Å². The van der Waals surface area contributed by atoms with Crippen molar-refractivity contribution in [2.24, 2.45) is 0 Å². The monoisotopic (exact) mass is 366 g/mol. The van der Waals surface area contributed by atoms with Crippen LogP contribution < -0.4 is 4.74 Å². The lowest BCUT2D eigenvalue weighted by Crippen LogP contribution is -2.32. The predicted molar refractivity (Wildman–Crippen MR) is 80.9 cm³/mol. The number of rotatable bonds is 4. The van der Waals surface area contributed by atoms with Crippen molar-refractivity contribution in [2.75, 3.05) is 13.1 Å². The van der Waals surface area contributed by atoms with Crippen molar-refractivity contribution in [1.82, 2.24) is 14.3 Å². The van der Waals surface area contributed by atoms with E-state index in [-0.39, 0.29) is 31.1 Å². The number of hydrogen-bond acceptors (Lipinski definition) is 6. The number of aromatic nitrogens is 2. The van der Waals surface area contributed by atoms with Gasteiger partial charge < -0.3 is 4.74 Å². The minimum absolute atomic E-state index is 0.00804. The van der Waals surface area contributed by atoms with Crippen LogP contribution in [0, 0.1) is 23.0 Å². The number of sulfonamides is 1. The van der Waals surface area contributed by atoms with E-state index in [0.717, 1.165) is 22.5 Å². The molecule has 10 heteroatoms. The topological polar surface area (TPSA) is 96.2 Å². The number of benzene rings is 1. The highest BCUT2D eigenvalue weighted by molar-refractivity contribution is 7.89. The molecule has 25 heavy (non-hydrogen) atoms. The van der Waals surface area contributed by atoms with E-state index in [0.29, 0.717) is 0 Å². The largest absolute Gasteiger partial charge is 0.471 e. The van der Waals surface area contributed by atoms with Gasteiger partial charge in [-0.15, -0.1) is 0 Å². The van der Waals surface area contributed by atoms with Crippen LogP contribution in [0.5, 0.6) is 5.88 Å². The number of nitriles is 1. The number of ether oxygens (including phenoxy) is 1. The first kappa shape index (κ1) is 17.2. The molecule has 2 aromatic rings. The maximum absolute atomic E-state index is 13.8. The second-order valence-corrected chi connectivity index (χ2v) is 7.14.